The number of phenols is 3. The molecule has 222 valence electrons. The van der Waals surface area contributed by atoms with Gasteiger partial charge in [0, 0.05) is 18.2 Å². The molecule has 3 aromatic rings. The monoisotopic (exact) mass is 581 g/mol. The van der Waals surface area contributed by atoms with Crippen LogP contribution in [0.5, 0.6) is 28.7 Å². The maximum Gasteiger partial charge on any atom is 0.402 e. The molecule has 5 rings (SSSR count). The number of aromatic hydroxyl groups is 3. The van der Waals surface area contributed by atoms with E-state index in [0.717, 1.165) is 12.1 Å². The number of rotatable bonds is 6. The molecule has 2 aromatic carbocycles. The Labute approximate surface area is 230 Å². The van der Waals surface area contributed by atoms with Crippen LogP contribution in [0.4, 0.5) is 0 Å². The summed E-state index contributed by atoms with van der Waals surface area (Å²) < 4.78 is 28.3. The number of aliphatic hydroxyl groups is 7. The second kappa shape index (κ2) is 11.4. The van der Waals surface area contributed by atoms with Crippen molar-refractivity contribution in [3.63, 3.8) is 0 Å². The highest BCUT2D eigenvalue weighted by molar-refractivity contribution is 5.89. The van der Waals surface area contributed by atoms with Gasteiger partial charge in [0.15, 0.2) is 11.5 Å². The molecule has 15 heteroatoms. The summed E-state index contributed by atoms with van der Waals surface area (Å²) in [6, 6.07) is 7.35. The van der Waals surface area contributed by atoms with Crippen molar-refractivity contribution in [2.45, 2.75) is 55.3 Å². The van der Waals surface area contributed by atoms with Crippen molar-refractivity contribution in [2.24, 2.45) is 0 Å². The van der Waals surface area contributed by atoms with E-state index < -0.39 is 73.4 Å². The van der Waals surface area contributed by atoms with E-state index in [1.807, 2.05) is 0 Å². The van der Waals surface area contributed by atoms with E-state index in [9.17, 15) is 51.1 Å². The number of phenolic OH excluding ortho intramolecular Hbond substituents is 3. The predicted octanol–water partition coefficient (Wildman–Crippen LogP) is -1.51. The summed E-state index contributed by atoms with van der Waals surface area (Å²) in [5.74, 6) is -1.70. The number of fused-ring (bicyclic) bond motifs is 1. The molecule has 0 amide bonds. The molecule has 41 heavy (non-hydrogen) atoms. The van der Waals surface area contributed by atoms with Crippen LogP contribution < -0.4 is 9.47 Å². The SMILES string of the molecule is OCC1OC(Oc2cc(O)cc3[o+]c(-c4ccc(O)c(O)c4)c(OC4OCC(O)C(O)C4O)cc23)C(O)C(O)C1O. The van der Waals surface area contributed by atoms with Gasteiger partial charge in [0.05, 0.1) is 24.8 Å². The fourth-order valence-corrected chi connectivity index (χ4v) is 4.52. The second-order valence-electron chi connectivity index (χ2n) is 9.68. The smallest absolute Gasteiger partial charge is 0.402 e. The zero-order chi connectivity index (χ0) is 29.6. The van der Waals surface area contributed by atoms with E-state index >= 15 is 0 Å². The third-order valence-electron chi connectivity index (χ3n) is 6.83. The zero-order valence-electron chi connectivity index (χ0n) is 21.1. The van der Waals surface area contributed by atoms with E-state index in [4.69, 9.17) is 23.4 Å². The Balaban J connectivity index is 1.60. The molecule has 9 unspecified atom stereocenters. The Hall–Kier alpha value is -3.51. The summed E-state index contributed by atoms with van der Waals surface area (Å²) in [5.41, 5.74) is 0.142. The van der Waals surface area contributed by atoms with Gasteiger partial charge in [0.25, 0.3) is 0 Å². The summed E-state index contributed by atoms with van der Waals surface area (Å²) in [4.78, 5) is 0. The Morgan fingerprint density at radius 1 is 0.756 bits per heavy atom. The van der Waals surface area contributed by atoms with Crippen LogP contribution in [-0.2, 0) is 9.47 Å². The maximum atomic E-state index is 10.4. The summed E-state index contributed by atoms with van der Waals surface area (Å²) in [7, 11) is 0. The Morgan fingerprint density at radius 2 is 1.46 bits per heavy atom. The summed E-state index contributed by atoms with van der Waals surface area (Å²) in [6.45, 7) is -1.08. The lowest BCUT2D eigenvalue weighted by Crippen LogP contribution is -2.60. The molecule has 2 aliphatic heterocycles. The Morgan fingerprint density at radius 3 is 2.17 bits per heavy atom. The molecule has 0 saturated carbocycles. The number of benzene rings is 2. The third-order valence-corrected chi connectivity index (χ3v) is 6.83. The molecule has 0 bridgehead atoms. The van der Waals surface area contributed by atoms with E-state index in [2.05, 4.69) is 0 Å². The van der Waals surface area contributed by atoms with Gasteiger partial charge in [0.1, 0.15) is 59.6 Å². The molecule has 3 heterocycles. The van der Waals surface area contributed by atoms with Crippen LogP contribution in [0.2, 0.25) is 0 Å². The molecule has 0 spiro atoms. The van der Waals surface area contributed by atoms with Gasteiger partial charge in [-0.2, -0.15) is 0 Å². The third kappa shape index (κ3) is 5.54. The largest absolute Gasteiger partial charge is 0.507 e. The first-order valence-electron chi connectivity index (χ1n) is 12.4. The van der Waals surface area contributed by atoms with Gasteiger partial charge in [-0.3, -0.25) is 0 Å². The van der Waals surface area contributed by atoms with Crippen molar-refractivity contribution in [1.82, 2.24) is 0 Å². The Kier molecular flexibility index (Phi) is 8.06. The second-order valence-corrected chi connectivity index (χ2v) is 9.68. The standard InChI is InChI=1S/C26H28O15/c27-7-18-20(33)21(34)23(36)26(41-18)39-16-5-10(28)4-15-11(16)6-17(40-25-22(35)19(32)14(31)8-37-25)24(38-15)9-1-2-12(29)13(30)3-9/h1-6,14,18-23,25-27,31-36H,7-8H2,(H2-,28,29,30)/p+1. The van der Waals surface area contributed by atoms with Crippen LogP contribution in [0, 0.1) is 0 Å². The average Bonchev–Trinajstić information content (AvgIpc) is 2.95. The fourth-order valence-electron chi connectivity index (χ4n) is 4.52. The number of hydrogen-bond acceptors (Lipinski definition) is 14. The van der Waals surface area contributed by atoms with Crippen molar-refractivity contribution >= 4 is 11.0 Å². The van der Waals surface area contributed by atoms with Gasteiger partial charge in [-0.1, -0.05) is 0 Å². The molecule has 10 N–H and O–H groups in total. The molecule has 0 aliphatic carbocycles. The van der Waals surface area contributed by atoms with Crippen LogP contribution >= 0.6 is 0 Å². The first-order valence-corrected chi connectivity index (χ1v) is 12.4. The minimum Gasteiger partial charge on any atom is -0.507 e. The van der Waals surface area contributed by atoms with Crippen LogP contribution in [0.3, 0.4) is 0 Å². The number of aliphatic hydroxyl groups excluding tert-OH is 7. The first kappa shape index (κ1) is 29.0. The van der Waals surface area contributed by atoms with Gasteiger partial charge in [-0.05, 0) is 12.1 Å². The highest BCUT2D eigenvalue weighted by Crippen LogP contribution is 2.43. The van der Waals surface area contributed by atoms with Crippen LogP contribution in [0.1, 0.15) is 0 Å². The predicted molar refractivity (Wildman–Crippen MR) is 134 cm³/mol. The molecular formula is C26H29O15+. The van der Waals surface area contributed by atoms with Crippen molar-refractivity contribution < 1.29 is 74.4 Å². The Bertz CT molecular complexity index is 1400. The van der Waals surface area contributed by atoms with Crippen LogP contribution in [0.25, 0.3) is 22.3 Å². The quantitative estimate of drug-likeness (QED) is 0.117. The molecule has 2 saturated heterocycles. The highest BCUT2D eigenvalue weighted by atomic mass is 16.7. The fraction of sp³-hybridized carbons (Fsp3) is 0.423. The van der Waals surface area contributed by atoms with E-state index in [1.54, 1.807) is 0 Å². The van der Waals surface area contributed by atoms with Gasteiger partial charge >= 0.3 is 11.3 Å². The van der Waals surface area contributed by atoms with E-state index in [0.29, 0.717) is 0 Å². The van der Waals surface area contributed by atoms with Gasteiger partial charge < -0.3 is 70.0 Å². The maximum absolute atomic E-state index is 10.4. The van der Waals surface area contributed by atoms with Crippen LogP contribution in [-0.4, -0.2) is 120 Å². The zero-order valence-corrected chi connectivity index (χ0v) is 21.1. The van der Waals surface area contributed by atoms with E-state index in [1.165, 1.54) is 24.3 Å². The van der Waals surface area contributed by atoms with Crippen molar-refractivity contribution in [3.8, 4) is 40.1 Å². The minimum atomic E-state index is -1.77. The molecule has 9 atom stereocenters. The summed E-state index contributed by atoms with van der Waals surface area (Å²) in [5, 5.41) is 101. The van der Waals surface area contributed by atoms with Crippen molar-refractivity contribution in [3.05, 3.63) is 36.4 Å². The molecule has 2 aliphatic rings. The lowest BCUT2D eigenvalue weighted by Gasteiger charge is -2.39. The number of ether oxygens (including phenoxy) is 4. The normalized spacial score (nSPS) is 32.1. The topological polar surface area (TPSA) is 251 Å². The minimum absolute atomic E-state index is 0.0277. The number of hydrogen-bond donors (Lipinski definition) is 10. The lowest BCUT2D eigenvalue weighted by atomic mass is 9.99. The molecule has 1 aromatic heterocycles. The highest BCUT2D eigenvalue weighted by Gasteiger charge is 2.45. The summed E-state index contributed by atoms with van der Waals surface area (Å²) >= 11 is 0. The molecular weight excluding hydrogens is 552 g/mol. The van der Waals surface area contributed by atoms with Crippen molar-refractivity contribution in [2.75, 3.05) is 13.2 Å². The average molecular weight is 582 g/mol. The van der Waals surface area contributed by atoms with Gasteiger partial charge in [0.2, 0.25) is 18.3 Å². The van der Waals surface area contributed by atoms with E-state index in [-0.39, 0.29) is 46.1 Å². The molecule has 15 nitrogen and oxygen atoms in total. The summed E-state index contributed by atoms with van der Waals surface area (Å²) in [6.07, 6.45) is -14.2. The lowest BCUT2D eigenvalue weighted by molar-refractivity contribution is -0.277. The molecule has 0 radical (unpaired) electrons. The van der Waals surface area contributed by atoms with Crippen molar-refractivity contribution in [1.29, 1.82) is 0 Å². The van der Waals surface area contributed by atoms with Gasteiger partial charge in [-0.15, -0.1) is 0 Å². The van der Waals surface area contributed by atoms with Crippen LogP contribution in [0.15, 0.2) is 40.8 Å². The first-order chi connectivity index (χ1) is 19.5. The molecule has 2 fully saturated rings. The van der Waals surface area contributed by atoms with Gasteiger partial charge in [-0.25, -0.2) is 4.42 Å².